The van der Waals surface area contributed by atoms with Crippen LogP contribution in [0.3, 0.4) is 0 Å². The second kappa shape index (κ2) is 5.38. The number of amides is 1. The Bertz CT molecular complexity index is 664. The Balaban J connectivity index is 2.01. The molecule has 2 aromatic rings. The Morgan fingerprint density at radius 2 is 2.20 bits per heavy atom. The second-order valence-electron chi connectivity index (χ2n) is 5.59. The zero-order valence-electron chi connectivity index (χ0n) is 11.8. The number of rotatable bonds is 1. The minimum absolute atomic E-state index is 0.0982. The van der Waals surface area contributed by atoms with Gasteiger partial charge in [0, 0.05) is 22.7 Å². The molecule has 1 aromatic heterocycles. The molecule has 106 valence electrons. The van der Waals surface area contributed by atoms with Gasteiger partial charge in [-0.15, -0.1) is 11.3 Å². The van der Waals surface area contributed by atoms with Crippen LogP contribution in [0.2, 0.25) is 5.02 Å². The number of likely N-dealkylation sites (tertiary alicyclic amines) is 1. The summed E-state index contributed by atoms with van der Waals surface area (Å²) in [5.74, 6) is 0.0982. The van der Waals surface area contributed by atoms with Crippen LogP contribution in [0.5, 0.6) is 0 Å². The van der Waals surface area contributed by atoms with Gasteiger partial charge in [-0.1, -0.05) is 23.7 Å². The van der Waals surface area contributed by atoms with E-state index < -0.39 is 0 Å². The molecule has 0 radical (unpaired) electrons. The van der Waals surface area contributed by atoms with Gasteiger partial charge in [-0.25, -0.2) is 0 Å². The van der Waals surface area contributed by atoms with E-state index in [0.717, 1.165) is 29.5 Å². The van der Waals surface area contributed by atoms with Gasteiger partial charge >= 0.3 is 0 Å². The summed E-state index contributed by atoms with van der Waals surface area (Å²) in [6, 6.07) is 6.47. The highest BCUT2D eigenvalue weighted by Crippen LogP contribution is 2.37. The van der Waals surface area contributed by atoms with Crippen LogP contribution in [-0.2, 0) is 0 Å². The first-order valence-electron chi connectivity index (χ1n) is 7.07. The third-order valence-corrected chi connectivity index (χ3v) is 5.69. The molecule has 0 N–H and O–H groups in total. The molecule has 20 heavy (non-hydrogen) atoms. The molecule has 2 nitrogen and oxygen atoms in total. The molecule has 1 amide bonds. The number of hydrogen-bond donors (Lipinski definition) is 0. The van der Waals surface area contributed by atoms with Gasteiger partial charge < -0.3 is 4.90 Å². The molecule has 1 aliphatic rings. The largest absolute Gasteiger partial charge is 0.335 e. The fraction of sp³-hybridized carbons (Fsp3) is 0.438. The van der Waals surface area contributed by atoms with Crippen molar-refractivity contribution >= 4 is 38.9 Å². The quantitative estimate of drug-likeness (QED) is 0.735. The monoisotopic (exact) mass is 307 g/mol. The summed E-state index contributed by atoms with van der Waals surface area (Å²) < 4.78 is 1.10. The van der Waals surface area contributed by atoms with Crippen molar-refractivity contribution in [3.05, 3.63) is 33.7 Å². The summed E-state index contributed by atoms with van der Waals surface area (Å²) in [6.45, 7) is 5.04. The summed E-state index contributed by atoms with van der Waals surface area (Å²) in [5, 5.41) is 1.61. The summed E-state index contributed by atoms with van der Waals surface area (Å²) in [7, 11) is 0. The van der Waals surface area contributed by atoms with Gasteiger partial charge in [0.15, 0.2) is 0 Å². The molecule has 1 unspecified atom stereocenters. The number of thiophene rings is 1. The van der Waals surface area contributed by atoms with Gasteiger partial charge in [-0.3, -0.25) is 4.79 Å². The van der Waals surface area contributed by atoms with E-state index in [2.05, 4.69) is 19.9 Å². The normalized spacial score (nSPS) is 19.6. The number of fused-ring (bicyclic) bond motifs is 1. The van der Waals surface area contributed by atoms with Gasteiger partial charge in [0.2, 0.25) is 0 Å². The maximum Gasteiger partial charge on any atom is 0.265 e. The van der Waals surface area contributed by atoms with Crippen LogP contribution < -0.4 is 0 Å². The van der Waals surface area contributed by atoms with Crippen LogP contribution in [0.4, 0.5) is 0 Å². The number of piperidine rings is 1. The van der Waals surface area contributed by atoms with Crippen molar-refractivity contribution in [1.82, 2.24) is 4.90 Å². The first-order valence-corrected chi connectivity index (χ1v) is 8.27. The van der Waals surface area contributed by atoms with Crippen LogP contribution >= 0.6 is 22.9 Å². The highest BCUT2D eigenvalue weighted by Gasteiger charge is 2.27. The van der Waals surface area contributed by atoms with Crippen molar-refractivity contribution in [1.29, 1.82) is 0 Å². The molecule has 0 spiro atoms. The summed E-state index contributed by atoms with van der Waals surface area (Å²) >= 11 is 7.95. The number of carbonyl (C=O) groups excluding carboxylic acids is 1. The standard InChI is InChI=1S/C16H18ClNOS/c1-10-6-7-12-13(9-10)20-15(14(12)17)16(19)18-8-4-3-5-11(18)2/h6-7,9,11H,3-5,8H2,1-2H3. The van der Waals surface area contributed by atoms with E-state index in [1.807, 2.05) is 17.0 Å². The molecule has 2 heterocycles. The van der Waals surface area contributed by atoms with Crippen LogP contribution in [0.15, 0.2) is 18.2 Å². The third-order valence-electron chi connectivity index (χ3n) is 4.04. The second-order valence-corrected chi connectivity index (χ2v) is 7.02. The van der Waals surface area contributed by atoms with Gasteiger partial charge in [0.1, 0.15) is 4.88 Å². The maximum absolute atomic E-state index is 12.7. The topological polar surface area (TPSA) is 20.3 Å². The zero-order valence-corrected chi connectivity index (χ0v) is 13.4. The van der Waals surface area contributed by atoms with E-state index in [1.165, 1.54) is 23.3 Å². The number of benzene rings is 1. The molecule has 1 fully saturated rings. The lowest BCUT2D eigenvalue weighted by Gasteiger charge is -2.33. The van der Waals surface area contributed by atoms with Crippen molar-refractivity contribution in [2.24, 2.45) is 0 Å². The lowest BCUT2D eigenvalue weighted by Crippen LogP contribution is -2.41. The Kier molecular flexibility index (Phi) is 3.74. The molecule has 4 heteroatoms. The van der Waals surface area contributed by atoms with E-state index in [-0.39, 0.29) is 5.91 Å². The Morgan fingerprint density at radius 1 is 1.40 bits per heavy atom. The number of aryl methyl sites for hydroxylation is 1. The average molecular weight is 308 g/mol. The molecule has 1 aromatic carbocycles. The minimum Gasteiger partial charge on any atom is -0.335 e. The predicted octanol–water partition coefficient (Wildman–Crippen LogP) is 4.88. The highest BCUT2D eigenvalue weighted by molar-refractivity contribution is 7.21. The van der Waals surface area contributed by atoms with Crippen molar-refractivity contribution in [3.8, 4) is 0 Å². The molecule has 0 aliphatic carbocycles. The smallest absolute Gasteiger partial charge is 0.265 e. The van der Waals surface area contributed by atoms with Gasteiger partial charge in [0.05, 0.1) is 5.02 Å². The molecule has 1 saturated heterocycles. The van der Waals surface area contributed by atoms with Crippen molar-refractivity contribution in [2.75, 3.05) is 6.54 Å². The van der Waals surface area contributed by atoms with Crippen LogP contribution in [0.25, 0.3) is 10.1 Å². The van der Waals surface area contributed by atoms with Crippen LogP contribution in [-0.4, -0.2) is 23.4 Å². The van der Waals surface area contributed by atoms with E-state index in [0.29, 0.717) is 15.9 Å². The van der Waals surface area contributed by atoms with Gasteiger partial charge in [-0.2, -0.15) is 0 Å². The van der Waals surface area contributed by atoms with Crippen LogP contribution in [0.1, 0.15) is 41.4 Å². The van der Waals surface area contributed by atoms with Crippen LogP contribution in [0, 0.1) is 6.92 Å². The fourth-order valence-corrected chi connectivity index (χ4v) is 4.41. The predicted molar refractivity (Wildman–Crippen MR) is 85.9 cm³/mol. The molecule has 0 saturated carbocycles. The maximum atomic E-state index is 12.7. The number of hydrogen-bond acceptors (Lipinski definition) is 2. The number of carbonyl (C=O) groups is 1. The molecular formula is C16H18ClNOS. The summed E-state index contributed by atoms with van der Waals surface area (Å²) in [5.41, 5.74) is 1.20. The highest BCUT2D eigenvalue weighted by atomic mass is 35.5. The molecule has 1 aliphatic heterocycles. The molecule has 3 rings (SSSR count). The number of nitrogens with zero attached hydrogens (tertiary/aromatic N) is 1. The van der Waals surface area contributed by atoms with E-state index in [1.54, 1.807) is 0 Å². The van der Waals surface area contributed by atoms with Crippen molar-refractivity contribution < 1.29 is 4.79 Å². The van der Waals surface area contributed by atoms with Crippen molar-refractivity contribution in [3.63, 3.8) is 0 Å². The molecular weight excluding hydrogens is 290 g/mol. The number of halogens is 1. The fourth-order valence-electron chi connectivity index (χ4n) is 2.84. The average Bonchev–Trinajstić information content (AvgIpc) is 2.75. The Morgan fingerprint density at radius 3 is 2.95 bits per heavy atom. The summed E-state index contributed by atoms with van der Waals surface area (Å²) in [6.07, 6.45) is 3.40. The minimum atomic E-state index is 0.0982. The first kappa shape index (κ1) is 13.9. The van der Waals surface area contributed by atoms with Crippen molar-refractivity contribution in [2.45, 2.75) is 39.2 Å². The first-order chi connectivity index (χ1) is 9.58. The van der Waals surface area contributed by atoms with Gasteiger partial charge in [-0.05, 0) is 44.7 Å². The summed E-state index contributed by atoms with van der Waals surface area (Å²) in [4.78, 5) is 15.4. The lowest BCUT2D eigenvalue weighted by molar-refractivity contribution is 0.0641. The zero-order chi connectivity index (χ0) is 14.3. The third kappa shape index (κ3) is 2.33. The van der Waals surface area contributed by atoms with E-state index >= 15 is 0 Å². The molecule has 0 bridgehead atoms. The SMILES string of the molecule is Cc1ccc2c(Cl)c(C(=O)N3CCCCC3C)sc2c1. The molecule has 1 atom stereocenters. The Hall–Kier alpha value is -1.06. The lowest BCUT2D eigenvalue weighted by atomic mass is 10.0. The van der Waals surface area contributed by atoms with E-state index in [4.69, 9.17) is 11.6 Å². The van der Waals surface area contributed by atoms with E-state index in [9.17, 15) is 4.79 Å². The Labute approximate surface area is 128 Å². The van der Waals surface area contributed by atoms with Gasteiger partial charge in [0.25, 0.3) is 5.91 Å².